The van der Waals surface area contributed by atoms with E-state index >= 15 is 0 Å². The van der Waals surface area contributed by atoms with E-state index in [1.807, 2.05) is 42.5 Å². The van der Waals surface area contributed by atoms with Crippen molar-refractivity contribution < 1.29 is 18.9 Å². The van der Waals surface area contributed by atoms with Gasteiger partial charge in [0.1, 0.15) is 5.75 Å². The van der Waals surface area contributed by atoms with Crippen molar-refractivity contribution >= 4 is 11.7 Å². The van der Waals surface area contributed by atoms with Crippen LogP contribution in [-0.2, 0) is 17.9 Å². The van der Waals surface area contributed by atoms with E-state index in [0.29, 0.717) is 17.7 Å². The Bertz CT molecular complexity index is 905. The summed E-state index contributed by atoms with van der Waals surface area (Å²) in [5, 5.41) is 2.88. The molecule has 0 bridgehead atoms. The van der Waals surface area contributed by atoms with Crippen molar-refractivity contribution in [2.24, 2.45) is 0 Å². The van der Waals surface area contributed by atoms with Crippen molar-refractivity contribution in [2.45, 2.75) is 13.1 Å². The van der Waals surface area contributed by atoms with Gasteiger partial charge in [0.25, 0.3) is 5.91 Å². The van der Waals surface area contributed by atoms with Crippen LogP contribution in [0.25, 0.3) is 0 Å². The number of rotatable bonds is 7. The van der Waals surface area contributed by atoms with E-state index in [1.165, 1.54) is 0 Å². The second-order valence-corrected chi connectivity index (χ2v) is 6.08. The van der Waals surface area contributed by atoms with Gasteiger partial charge in [0.2, 0.25) is 6.54 Å². The summed E-state index contributed by atoms with van der Waals surface area (Å²) in [6.45, 7) is 0.643. The van der Waals surface area contributed by atoms with Gasteiger partial charge in [-0.05, 0) is 17.7 Å². The highest BCUT2D eigenvalue weighted by Crippen LogP contribution is 2.11. The molecule has 0 aliphatic heterocycles. The van der Waals surface area contributed by atoms with E-state index in [0.717, 1.165) is 11.3 Å². The largest absolute Gasteiger partial charge is 0.497 e. The Morgan fingerprint density at radius 2 is 1.52 bits per heavy atom. The zero-order chi connectivity index (χ0) is 19.1. The Balaban J connectivity index is 1.54. The highest BCUT2D eigenvalue weighted by Gasteiger charge is 2.13. The lowest BCUT2D eigenvalue weighted by molar-refractivity contribution is -0.684. The predicted molar refractivity (Wildman–Crippen MR) is 101 cm³/mol. The van der Waals surface area contributed by atoms with Crippen molar-refractivity contribution in [1.29, 1.82) is 0 Å². The third kappa shape index (κ3) is 5.01. The molecule has 1 amide bonds. The van der Waals surface area contributed by atoms with Gasteiger partial charge in [-0.1, -0.05) is 42.5 Å². The van der Waals surface area contributed by atoms with Crippen LogP contribution in [0.4, 0.5) is 0 Å². The number of pyridine rings is 1. The number of amides is 1. The summed E-state index contributed by atoms with van der Waals surface area (Å²) in [7, 11) is 1.62. The summed E-state index contributed by atoms with van der Waals surface area (Å²) in [4.78, 5) is 24.5. The number of carbonyl (C=O) groups excluding carboxylic acids is 2. The minimum Gasteiger partial charge on any atom is -0.497 e. The molecule has 0 aliphatic carbocycles. The van der Waals surface area contributed by atoms with Crippen LogP contribution in [0.5, 0.6) is 5.75 Å². The smallest absolute Gasteiger partial charge is 0.286 e. The van der Waals surface area contributed by atoms with Gasteiger partial charge in [-0.25, -0.2) is 0 Å². The van der Waals surface area contributed by atoms with E-state index in [4.69, 9.17) is 4.74 Å². The summed E-state index contributed by atoms with van der Waals surface area (Å²) in [6, 6.07) is 20.1. The Kier molecular flexibility index (Phi) is 5.94. The molecule has 0 saturated heterocycles. The fourth-order valence-electron chi connectivity index (χ4n) is 2.64. The van der Waals surface area contributed by atoms with Crippen molar-refractivity contribution in [3.05, 3.63) is 95.8 Å². The second-order valence-electron chi connectivity index (χ2n) is 6.08. The maximum Gasteiger partial charge on any atom is 0.286 e. The summed E-state index contributed by atoms with van der Waals surface area (Å²) in [5.41, 5.74) is 2.24. The minimum absolute atomic E-state index is 0.0355. The molecule has 5 nitrogen and oxygen atoms in total. The molecular weight excluding hydrogens is 340 g/mol. The van der Waals surface area contributed by atoms with Gasteiger partial charge in [0, 0.05) is 29.8 Å². The van der Waals surface area contributed by atoms with Gasteiger partial charge in [-0.15, -0.1) is 0 Å². The van der Waals surface area contributed by atoms with E-state index < -0.39 is 0 Å². The molecule has 27 heavy (non-hydrogen) atoms. The van der Waals surface area contributed by atoms with Crippen molar-refractivity contribution in [1.82, 2.24) is 5.32 Å². The van der Waals surface area contributed by atoms with Crippen LogP contribution in [0.1, 0.15) is 21.5 Å². The normalized spacial score (nSPS) is 10.3. The van der Waals surface area contributed by atoms with Crippen LogP contribution < -0.4 is 14.6 Å². The highest BCUT2D eigenvalue weighted by atomic mass is 16.5. The average molecular weight is 361 g/mol. The maximum atomic E-state index is 12.4. The molecule has 3 rings (SSSR count). The topological polar surface area (TPSA) is 59.3 Å². The molecule has 0 radical (unpaired) electrons. The summed E-state index contributed by atoms with van der Waals surface area (Å²) in [5.74, 6) is 0.649. The molecule has 0 unspecified atom stereocenters. The number of benzene rings is 2. The van der Waals surface area contributed by atoms with Gasteiger partial charge in [-0.3, -0.25) is 9.59 Å². The first-order chi connectivity index (χ1) is 13.2. The van der Waals surface area contributed by atoms with Crippen LogP contribution in [0, 0.1) is 0 Å². The van der Waals surface area contributed by atoms with Crippen LogP contribution in [0.3, 0.4) is 0 Å². The fraction of sp³-hybridized carbons (Fsp3) is 0.136. The number of ether oxygens (including phenoxy) is 1. The molecule has 136 valence electrons. The fourth-order valence-corrected chi connectivity index (χ4v) is 2.64. The van der Waals surface area contributed by atoms with Gasteiger partial charge in [-0.2, -0.15) is 4.57 Å². The third-order valence-corrected chi connectivity index (χ3v) is 4.16. The molecule has 1 N–H and O–H groups in total. The number of hydrogen-bond acceptors (Lipinski definition) is 3. The molecule has 0 fully saturated rings. The first kappa shape index (κ1) is 18.3. The van der Waals surface area contributed by atoms with Crippen LogP contribution >= 0.6 is 0 Å². The van der Waals surface area contributed by atoms with Crippen LogP contribution in [-0.4, -0.2) is 18.8 Å². The van der Waals surface area contributed by atoms with E-state index in [-0.39, 0.29) is 18.2 Å². The van der Waals surface area contributed by atoms with E-state index in [2.05, 4.69) is 5.32 Å². The van der Waals surface area contributed by atoms with Crippen molar-refractivity contribution in [2.75, 3.05) is 7.11 Å². The molecule has 5 heteroatoms. The van der Waals surface area contributed by atoms with Gasteiger partial charge in [0.05, 0.1) is 7.11 Å². The van der Waals surface area contributed by atoms with Crippen LogP contribution in [0.15, 0.2) is 79.1 Å². The predicted octanol–water partition coefficient (Wildman–Crippen LogP) is 2.53. The molecule has 0 saturated carbocycles. The number of methoxy groups -OCH3 is 1. The molecule has 1 aromatic heterocycles. The quantitative estimate of drug-likeness (QED) is 0.520. The van der Waals surface area contributed by atoms with Gasteiger partial charge < -0.3 is 10.1 Å². The average Bonchev–Trinajstić information content (AvgIpc) is 2.73. The molecule has 1 heterocycles. The first-order valence-corrected chi connectivity index (χ1v) is 8.64. The summed E-state index contributed by atoms with van der Waals surface area (Å²) >= 11 is 0. The highest BCUT2D eigenvalue weighted by molar-refractivity contribution is 6.08. The Morgan fingerprint density at radius 1 is 0.889 bits per heavy atom. The van der Waals surface area contributed by atoms with Gasteiger partial charge in [0.15, 0.2) is 18.2 Å². The maximum absolute atomic E-state index is 12.4. The standard InChI is InChI=1S/C22H20N2O3/c1-27-20-9-7-17(8-10-20)15-23-21(25)16-24-13-11-19(12-14-24)22(26)18-5-3-2-4-6-18/h2-14H,15-16H2,1H3/p+1. The first-order valence-electron chi connectivity index (χ1n) is 8.64. The number of nitrogens with one attached hydrogen (secondary N) is 1. The number of aromatic nitrogens is 1. The molecule has 0 atom stereocenters. The Morgan fingerprint density at radius 3 is 2.15 bits per heavy atom. The Hall–Kier alpha value is -3.47. The number of carbonyl (C=O) groups is 2. The summed E-state index contributed by atoms with van der Waals surface area (Å²) < 4.78 is 6.85. The summed E-state index contributed by atoms with van der Waals surface area (Å²) in [6.07, 6.45) is 3.48. The van der Waals surface area contributed by atoms with Crippen LogP contribution in [0.2, 0.25) is 0 Å². The Labute approximate surface area is 158 Å². The van der Waals surface area contributed by atoms with E-state index in [9.17, 15) is 9.59 Å². The number of nitrogens with zero attached hydrogens (tertiary/aromatic N) is 1. The second kappa shape index (κ2) is 8.76. The minimum atomic E-state index is -0.0991. The molecule has 3 aromatic rings. The lowest BCUT2D eigenvalue weighted by Crippen LogP contribution is -2.42. The molecule has 2 aromatic carbocycles. The zero-order valence-corrected chi connectivity index (χ0v) is 15.1. The van der Waals surface area contributed by atoms with Crippen molar-refractivity contribution in [3.63, 3.8) is 0 Å². The molecule has 0 aliphatic rings. The monoisotopic (exact) mass is 361 g/mol. The molecule has 0 spiro atoms. The van der Waals surface area contributed by atoms with E-state index in [1.54, 1.807) is 48.3 Å². The number of hydrogen-bond donors (Lipinski definition) is 1. The SMILES string of the molecule is COc1ccc(CNC(=O)C[n+]2ccc(C(=O)c3ccccc3)cc2)cc1. The van der Waals surface area contributed by atoms with Gasteiger partial charge >= 0.3 is 0 Å². The number of ketones is 1. The zero-order valence-electron chi connectivity index (χ0n) is 15.1. The molecular formula is C22H21N2O3+. The third-order valence-electron chi connectivity index (χ3n) is 4.16. The van der Waals surface area contributed by atoms with Crippen molar-refractivity contribution in [3.8, 4) is 5.75 Å². The lowest BCUT2D eigenvalue weighted by Gasteiger charge is -2.05. The lowest BCUT2D eigenvalue weighted by atomic mass is 10.0.